The molecular weight excluding hydrogens is 279 g/mol. The smallest absolute Gasteiger partial charge is 0.240 e. The third kappa shape index (κ3) is 3.56. The summed E-state index contributed by atoms with van der Waals surface area (Å²) in [6.07, 6.45) is 2.77. The van der Waals surface area contributed by atoms with Crippen LogP contribution >= 0.6 is 0 Å². The van der Waals surface area contributed by atoms with E-state index in [0.29, 0.717) is 18.0 Å². The lowest BCUT2D eigenvalue weighted by Crippen LogP contribution is -2.33. The fourth-order valence-electron chi connectivity index (χ4n) is 2.65. The van der Waals surface area contributed by atoms with Crippen LogP contribution in [0.5, 0.6) is 0 Å². The van der Waals surface area contributed by atoms with E-state index in [4.69, 9.17) is 0 Å². The lowest BCUT2D eigenvalue weighted by Gasteiger charge is -2.14. The zero-order valence-electron chi connectivity index (χ0n) is 11.8. The number of hydrogen-bond acceptors (Lipinski definition) is 3. The number of nitrogens with one attached hydrogen (secondary N) is 2. The molecule has 4 nitrogen and oxygen atoms in total. The standard InChI is InChI=1S/C14H21FN2O2S/c1-10-3-4-12(7-10)17-20(18,19)13-5-6-14(15)11(8-13)9-16-2/h5-6,8,10,12,16-17H,3-4,7,9H2,1-2H3. The third-order valence-electron chi connectivity index (χ3n) is 3.71. The van der Waals surface area contributed by atoms with Gasteiger partial charge in [0.25, 0.3) is 0 Å². The highest BCUT2D eigenvalue weighted by molar-refractivity contribution is 7.89. The number of hydrogen-bond donors (Lipinski definition) is 2. The van der Waals surface area contributed by atoms with Gasteiger partial charge in [-0.15, -0.1) is 0 Å². The summed E-state index contributed by atoms with van der Waals surface area (Å²) in [5.74, 6) is 0.156. The lowest BCUT2D eigenvalue weighted by molar-refractivity contribution is 0.537. The Morgan fingerprint density at radius 1 is 1.35 bits per heavy atom. The monoisotopic (exact) mass is 300 g/mol. The fourth-order valence-corrected chi connectivity index (χ4v) is 3.98. The Bertz CT molecular complexity index is 575. The van der Waals surface area contributed by atoms with Gasteiger partial charge in [-0.1, -0.05) is 6.92 Å². The molecular formula is C14H21FN2O2S. The molecule has 2 atom stereocenters. The van der Waals surface area contributed by atoms with Crippen LogP contribution in [-0.2, 0) is 16.6 Å². The third-order valence-corrected chi connectivity index (χ3v) is 5.23. The Morgan fingerprint density at radius 3 is 2.70 bits per heavy atom. The van der Waals surface area contributed by atoms with Gasteiger partial charge in [0.2, 0.25) is 10.0 Å². The topological polar surface area (TPSA) is 58.2 Å². The average molecular weight is 300 g/mol. The quantitative estimate of drug-likeness (QED) is 0.874. The van der Waals surface area contributed by atoms with Crippen molar-refractivity contribution in [1.82, 2.24) is 10.0 Å². The number of halogens is 1. The van der Waals surface area contributed by atoms with E-state index < -0.39 is 15.8 Å². The Hall–Kier alpha value is -0.980. The molecule has 0 aliphatic heterocycles. The van der Waals surface area contributed by atoms with Crippen molar-refractivity contribution in [1.29, 1.82) is 0 Å². The minimum absolute atomic E-state index is 0.00666. The summed E-state index contributed by atoms with van der Waals surface area (Å²) < 4.78 is 40.9. The summed E-state index contributed by atoms with van der Waals surface area (Å²) in [5, 5.41) is 2.83. The molecule has 0 radical (unpaired) electrons. The van der Waals surface area contributed by atoms with Crippen LogP contribution in [0, 0.1) is 11.7 Å². The Balaban J connectivity index is 2.18. The van der Waals surface area contributed by atoms with E-state index in [-0.39, 0.29) is 10.9 Å². The summed E-state index contributed by atoms with van der Waals surface area (Å²) >= 11 is 0. The first-order valence-electron chi connectivity index (χ1n) is 6.87. The van der Waals surface area contributed by atoms with Gasteiger partial charge < -0.3 is 5.32 Å². The molecule has 1 aromatic carbocycles. The second kappa shape index (κ2) is 6.20. The molecule has 0 bridgehead atoms. The predicted molar refractivity (Wildman–Crippen MR) is 76.3 cm³/mol. The molecule has 1 aliphatic rings. The molecule has 1 aliphatic carbocycles. The Kier molecular flexibility index (Phi) is 4.78. The van der Waals surface area contributed by atoms with Crippen molar-refractivity contribution < 1.29 is 12.8 Å². The fraction of sp³-hybridized carbons (Fsp3) is 0.571. The summed E-state index contributed by atoms with van der Waals surface area (Å²) in [7, 11) is -1.88. The first-order chi connectivity index (χ1) is 9.42. The lowest BCUT2D eigenvalue weighted by atomic mass is 10.1. The van der Waals surface area contributed by atoms with Crippen LogP contribution < -0.4 is 10.0 Å². The molecule has 0 amide bonds. The summed E-state index contributed by atoms with van der Waals surface area (Å²) in [6.45, 7) is 2.42. The molecule has 20 heavy (non-hydrogen) atoms. The maximum atomic E-state index is 13.5. The van der Waals surface area contributed by atoms with Gasteiger partial charge in [-0.25, -0.2) is 17.5 Å². The maximum Gasteiger partial charge on any atom is 0.240 e. The van der Waals surface area contributed by atoms with E-state index >= 15 is 0 Å². The number of rotatable bonds is 5. The van der Waals surface area contributed by atoms with Crippen LogP contribution in [0.4, 0.5) is 4.39 Å². The molecule has 2 unspecified atom stereocenters. The molecule has 6 heteroatoms. The minimum Gasteiger partial charge on any atom is -0.316 e. The first-order valence-corrected chi connectivity index (χ1v) is 8.36. The molecule has 112 valence electrons. The SMILES string of the molecule is CNCc1cc(S(=O)(=O)NC2CCC(C)C2)ccc1F. The second-order valence-electron chi connectivity index (χ2n) is 5.52. The molecule has 2 rings (SSSR count). The number of sulfonamides is 1. The first kappa shape index (κ1) is 15.4. The van der Waals surface area contributed by atoms with E-state index in [0.717, 1.165) is 19.3 Å². The molecule has 1 fully saturated rings. The van der Waals surface area contributed by atoms with Crippen molar-refractivity contribution in [3.05, 3.63) is 29.6 Å². The average Bonchev–Trinajstić information content (AvgIpc) is 2.77. The summed E-state index contributed by atoms with van der Waals surface area (Å²) in [6, 6.07) is 3.91. The normalized spacial score (nSPS) is 23.1. The van der Waals surface area contributed by atoms with Crippen LogP contribution in [0.15, 0.2) is 23.1 Å². The van der Waals surface area contributed by atoms with Crippen LogP contribution in [0.1, 0.15) is 31.7 Å². The second-order valence-corrected chi connectivity index (χ2v) is 7.23. The van der Waals surface area contributed by atoms with Gasteiger partial charge >= 0.3 is 0 Å². The Morgan fingerprint density at radius 2 is 2.10 bits per heavy atom. The largest absolute Gasteiger partial charge is 0.316 e. The minimum atomic E-state index is -3.57. The molecule has 0 heterocycles. The van der Waals surface area contributed by atoms with Crippen molar-refractivity contribution in [2.24, 2.45) is 5.92 Å². The van der Waals surface area contributed by atoms with Crippen LogP contribution in [0.3, 0.4) is 0 Å². The van der Waals surface area contributed by atoms with Gasteiger partial charge in [0.15, 0.2) is 0 Å². The van der Waals surface area contributed by atoms with E-state index in [1.165, 1.54) is 18.2 Å². The van der Waals surface area contributed by atoms with E-state index in [9.17, 15) is 12.8 Å². The zero-order valence-corrected chi connectivity index (χ0v) is 12.6. The van der Waals surface area contributed by atoms with Crippen LogP contribution in [0.2, 0.25) is 0 Å². The van der Waals surface area contributed by atoms with Crippen LogP contribution in [-0.4, -0.2) is 21.5 Å². The van der Waals surface area contributed by atoms with Gasteiger partial charge in [0.1, 0.15) is 5.82 Å². The summed E-state index contributed by atoms with van der Waals surface area (Å²) in [5.41, 5.74) is 0.357. The molecule has 0 aromatic heterocycles. The van der Waals surface area contributed by atoms with Crippen molar-refractivity contribution in [3.8, 4) is 0 Å². The Labute approximate surface area is 119 Å². The highest BCUT2D eigenvalue weighted by atomic mass is 32.2. The van der Waals surface area contributed by atoms with Gasteiger partial charge in [-0.2, -0.15) is 0 Å². The van der Waals surface area contributed by atoms with Crippen molar-refractivity contribution in [2.45, 2.75) is 43.7 Å². The van der Waals surface area contributed by atoms with Gasteiger partial charge in [0, 0.05) is 18.2 Å². The van der Waals surface area contributed by atoms with Crippen molar-refractivity contribution in [2.75, 3.05) is 7.05 Å². The van der Waals surface area contributed by atoms with Crippen molar-refractivity contribution in [3.63, 3.8) is 0 Å². The van der Waals surface area contributed by atoms with Gasteiger partial charge in [-0.05, 0) is 50.4 Å². The predicted octanol–water partition coefficient (Wildman–Crippen LogP) is 2.01. The molecule has 1 saturated carbocycles. The van der Waals surface area contributed by atoms with E-state index in [1.54, 1.807) is 7.05 Å². The van der Waals surface area contributed by atoms with E-state index in [2.05, 4.69) is 17.0 Å². The van der Waals surface area contributed by atoms with E-state index in [1.807, 2.05) is 0 Å². The molecule has 1 aromatic rings. The van der Waals surface area contributed by atoms with Crippen molar-refractivity contribution >= 4 is 10.0 Å². The molecule has 2 N–H and O–H groups in total. The van der Waals surface area contributed by atoms with Gasteiger partial charge in [0.05, 0.1) is 4.90 Å². The zero-order chi connectivity index (χ0) is 14.8. The van der Waals surface area contributed by atoms with Crippen LogP contribution in [0.25, 0.3) is 0 Å². The maximum absolute atomic E-state index is 13.5. The highest BCUT2D eigenvalue weighted by Gasteiger charge is 2.26. The highest BCUT2D eigenvalue weighted by Crippen LogP contribution is 2.26. The number of benzene rings is 1. The molecule has 0 spiro atoms. The summed E-state index contributed by atoms with van der Waals surface area (Å²) in [4.78, 5) is 0.128. The van der Waals surface area contributed by atoms with Gasteiger partial charge in [-0.3, -0.25) is 0 Å². The molecule has 0 saturated heterocycles.